The van der Waals surface area contributed by atoms with Crippen LogP contribution in [0.2, 0.25) is 5.02 Å². The van der Waals surface area contributed by atoms with E-state index in [-0.39, 0.29) is 22.9 Å². The Balaban J connectivity index is 1.71. The molecule has 176 valence electrons. The van der Waals surface area contributed by atoms with Gasteiger partial charge in [-0.25, -0.2) is 14.1 Å². The molecule has 4 rings (SSSR count). The first-order valence-electron chi connectivity index (χ1n) is 10.5. The summed E-state index contributed by atoms with van der Waals surface area (Å²) in [4.78, 5) is 21.7. The van der Waals surface area contributed by atoms with Crippen molar-refractivity contribution in [1.82, 2.24) is 24.3 Å². The van der Waals surface area contributed by atoms with Crippen molar-refractivity contribution in [3.63, 3.8) is 0 Å². The number of nitrogens with zero attached hydrogens (tertiary/aromatic N) is 5. The lowest BCUT2D eigenvalue weighted by Crippen LogP contribution is -2.23. The second kappa shape index (κ2) is 9.00. The van der Waals surface area contributed by atoms with E-state index in [2.05, 4.69) is 15.1 Å². The highest BCUT2D eigenvalue weighted by Gasteiger charge is 2.20. The zero-order valence-corrected chi connectivity index (χ0v) is 19.8. The third-order valence-corrected chi connectivity index (χ3v) is 5.57. The van der Waals surface area contributed by atoms with Gasteiger partial charge in [-0.1, -0.05) is 11.6 Å². The van der Waals surface area contributed by atoms with Crippen LogP contribution in [0.15, 0.2) is 53.7 Å². The standard InChI is InChI=1S/C24H23ClFN5O3/c1-14-11-28-22(30-8-7-21(29-30)24(3,4)33)10-19(14)31-15(2)5-6-20(23(31)32)34-13-18-17(25)9-16(26)12-27-18/h5-12,33H,13H2,1-4H3. The average molecular weight is 484 g/mol. The quantitative estimate of drug-likeness (QED) is 0.445. The van der Waals surface area contributed by atoms with Gasteiger partial charge in [-0.05, 0) is 57.5 Å². The van der Waals surface area contributed by atoms with Crippen LogP contribution in [0.3, 0.4) is 0 Å². The summed E-state index contributed by atoms with van der Waals surface area (Å²) in [5.41, 5.74) is 1.40. The molecular formula is C24H23ClFN5O3. The smallest absolute Gasteiger partial charge is 0.297 e. The molecule has 1 N–H and O–H groups in total. The first kappa shape index (κ1) is 23.6. The fourth-order valence-corrected chi connectivity index (χ4v) is 3.57. The molecule has 0 radical (unpaired) electrons. The highest BCUT2D eigenvalue weighted by molar-refractivity contribution is 6.31. The summed E-state index contributed by atoms with van der Waals surface area (Å²) in [6.45, 7) is 6.86. The van der Waals surface area contributed by atoms with E-state index in [1.54, 1.807) is 55.2 Å². The Bertz CT molecular complexity index is 1430. The van der Waals surface area contributed by atoms with Crippen LogP contribution in [0.4, 0.5) is 4.39 Å². The Morgan fingerprint density at radius 3 is 2.59 bits per heavy atom. The summed E-state index contributed by atoms with van der Waals surface area (Å²) in [6.07, 6.45) is 4.39. The first-order valence-corrected chi connectivity index (χ1v) is 10.8. The predicted octanol–water partition coefficient (Wildman–Crippen LogP) is 4.03. The van der Waals surface area contributed by atoms with Gasteiger partial charge in [0.2, 0.25) is 0 Å². The van der Waals surface area contributed by atoms with Gasteiger partial charge in [-0.2, -0.15) is 5.10 Å². The fraction of sp³-hybridized carbons (Fsp3) is 0.250. The first-order chi connectivity index (χ1) is 16.0. The number of aliphatic hydroxyl groups is 1. The number of rotatable bonds is 6. The number of halogens is 2. The molecule has 0 amide bonds. The van der Waals surface area contributed by atoms with E-state index >= 15 is 0 Å². The molecule has 10 heteroatoms. The summed E-state index contributed by atoms with van der Waals surface area (Å²) >= 11 is 6.02. The highest BCUT2D eigenvalue weighted by atomic mass is 35.5. The average Bonchev–Trinajstić information content (AvgIpc) is 3.26. The van der Waals surface area contributed by atoms with Gasteiger partial charge in [0, 0.05) is 24.2 Å². The summed E-state index contributed by atoms with van der Waals surface area (Å²) in [5.74, 6) is 0.0206. The molecule has 0 spiro atoms. The van der Waals surface area contributed by atoms with Crippen molar-refractivity contribution in [2.75, 3.05) is 0 Å². The molecule has 0 aromatic carbocycles. The van der Waals surface area contributed by atoms with Crippen LogP contribution in [0.1, 0.15) is 36.5 Å². The Labute approximate surface area is 200 Å². The van der Waals surface area contributed by atoms with E-state index < -0.39 is 11.4 Å². The summed E-state index contributed by atoms with van der Waals surface area (Å²) in [7, 11) is 0. The molecule has 0 aliphatic rings. The largest absolute Gasteiger partial charge is 0.481 e. The predicted molar refractivity (Wildman–Crippen MR) is 125 cm³/mol. The van der Waals surface area contributed by atoms with Crippen molar-refractivity contribution in [3.05, 3.63) is 92.8 Å². The van der Waals surface area contributed by atoms with E-state index in [1.165, 1.54) is 4.57 Å². The Morgan fingerprint density at radius 1 is 1.15 bits per heavy atom. The lowest BCUT2D eigenvalue weighted by atomic mass is 10.1. The van der Waals surface area contributed by atoms with E-state index in [1.807, 2.05) is 13.8 Å². The maximum Gasteiger partial charge on any atom is 0.297 e. The van der Waals surface area contributed by atoms with Crippen LogP contribution in [0, 0.1) is 19.7 Å². The molecule has 0 aliphatic carbocycles. The number of aryl methyl sites for hydroxylation is 2. The minimum Gasteiger partial charge on any atom is -0.481 e. The van der Waals surface area contributed by atoms with Crippen molar-refractivity contribution in [3.8, 4) is 17.3 Å². The molecule has 0 fully saturated rings. The summed E-state index contributed by atoms with van der Waals surface area (Å²) in [6, 6.07) is 7.93. The van der Waals surface area contributed by atoms with Crippen LogP contribution < -0.4 is 10.3 Å². The molecular weight excluding hydrogens is 461 g/mol. The Kier molecular flexibility index (Phi) is 6.24. The van der Waals surface area contributed by atoms with Gasteiger partial charge in [0.25, 0.3) is 5.56 Å². The zero-order chi connectivity index (χ0) is 24.6. The molecule has 8 nitrogen and oxygen atoms in total. The molecule has 34 heavy (non-hydrogen) atoms. The third-order valence-electron chi connectivity index (χ3n) is 5.24. The van der Waals surface area contributed by atoms with Crippen LogP contribution in [0.5, 0.6) is 5.75 Å². The minimum absolute atomic E-state index is 0.0916. The second-order valence-electron chi connectivity index (χ2n) is 8.38. The molecule has 4 heterocycles. The van der Waals surface area contributed by atoms with Gasteiger partial charge >= 0.3 is 0 Å². The lowest BCUT2D eigenvalue weighted by molar-refractivity contribution is 0.0734. The summed E-state index contributed by atoms with van der Waals surface area (Å²) in [5, 5.41) is 14.7. The highest BCUT2D eigenvalue weighted by Crippen LogP contribution is 2.22. The van der Waals surface area contributed by atoms with E-state index in [4.69, 9.17) is 16.3 Å². The lowest BCUT2D eigenvalue weighted by Gasteiger charge is -2.16. The molecule has 4 aromatic rings. The van der Waals surface area contributed by atoms with Gasteiger partial charge < -0.3 is 9.84 Å². The molecule has 0 unspecified atom stereocenters. The van der Waals surface area contributed by atoms with Crippen molar-refractivity contribution in [1.29, 1.82) is 0 Å². The second-order valence-corrected chi connectivity index (χ2v) is 8.79. The topological polar surface area (TPSA) is 95.1 Å². The van der Waals surface area contributed by atoms with Crippen molar-refractivity contribution >= 4 is 11.6 Å². The zero-order valence-electron chi connectivity index (χ0n) is 19.1. The molecule has 0 atom stereocenters. The fourth-order valence-electron chi connectivity index (χ4n) is 3.36. The van der Waals surface area contributed by atoms with E-state index in [0.29, 0.717) is 28.6 Å². The number of pyridine rings is 3. The Morgan fingerprint density at radius 2 is 1.91 bits per heavy atom. The van der Waals surface area contributed by atoms with Gasteiger partial charge in [0.1, 0.15) is 18.0 Å². The summed E-state index contributed by atoms with van der Waals surface area (Å²) < 4.78 is 22.0. The van der Waals surface area contributed by atoms with Crippen LogP contribution in [0.25, 0.3) is 11.5 Å². The number of hydrogen-bond acceptors (Lipinski definition) is 6. The molecule has 4 aromatic heterocycles. The van der Waals surface area contributed by atoms with Gasteiger partial charge in [-0.15, -0.1) is 0 Å². The van der Waals surface area contributed by atoms with Crippen molar-refractivity contribution < 1.29 is 14.2 Å². The maximum atomic E-state index is 13.3. The van der Waals surface area contributed by atoms with Crippen LogP contribution >= 0.6 is 11.6 Å². The monoisotopic (exact) mass is 483 g/mol. The number of aromatic nitrogens is 5. The normalized spacial score (nSPS) is 11.6. The SMILES string of the molecule is Cc1cnc(-n2ccc(C(C)(C)O)n2)cc1-n1c(C)ccc(OCc2ncc(F)cc2Cl)c1=O. The molecule has 0 bridgehead atoms. The third kappa shape index (κ3) is 4.71. The van der Waals surface area contributed by atoms with E-state index in [9.17, 15) is 14.3 Å². The maximum absolute atomic E-state index is 13.3. The van der Waals surface area contributed by atoms with Gasteiger partial charge in [0.15, 0.2) is 11.6 Å². The van der Waals surface area contributed by atoms with Crippen LogP contribution in [-0.2, 0) is 12.2 Å². The molecule has 0 saturated heterocycles. The minimum atomic E-state index is -1.10. The van der Waals surface area contributed by atoms with Crippen LogP contribution in [-0.4, -0.2) is 29.4 Å². The van der Waals surface area contributed by atoms with Crippen molar-refractivity contribution in [2.45, 2.75) is 39.9 Å². The Hall–Kier alpha value is -3.56. The molecule has 0 aliphatic heterocycles. The van der Waals surface area contributed by atoms with Gasteiger partial charge in [-0.3, -0.25) is 14.3 Å². The number of ether oxygens (including phenoxy) is 1. The van der Waals surface area contributed by atoms with E-state index in [0.717, 1.165) is 17.8 Å². The molecule has 0 saturated carbocycles. The van der Waals surface area contributed by atoms with Gasteiger partial charge in [0.05, 0.1) is 28.3 Å². The van der Waals surface area contributed by atoms with Crippen molar-refractivity contribution in [2.24, 2.45) is 0 Å². The number of hydrogen-bond donors (Lipinski definition) is 1.